The number of aromatic nitrogens is 2. The van der Waals surface area contributed by atoms with Crippen molar-refractivity contribution in [1.82, 2.24) is 9.13 Å². The molecule has 4 heteroatoms. The Bertz CT molecular complexity index is 836. The summed E-state index contributed by atoms with van der Waals surface area (Å²) in [4.78, 5) is 0. The second-order valence-electron chi connectivity index (χ2n) is 5.77. The van der Waals surface area contributed by atoms with Gasteiger partial charge in [0.25, 0.3) is 0 Å². The molecule has 0 fully saturated rings. The Hall–Kier alpha value is -2.33. The number of nitrogens with zero attached hydrogens (tertiary/aromatic N) is 2. The van der Waals surface area contributed by atoms with Crippen LogP contribution in [0.4, 0.5) is 0 Å². The van der Waals surface area contributed by atoms with Gasteiger partial charge < -0.3 is 9.30 Å². The summed E-state index contributed by atoms with van der Waals surface area (Å²) in [5, 5.41) is 0. The Labute approximate surface area is 148 Å². The predicted octanol–water partition coefficient (Wildman–Crippen LogP) is 5.39. The van der Waals surface area contributed by atoms with Crippen LogP contribution >= 0.6 is 12.2 Å². The number of aryl methyl sites for hydroxylation is 1. The summed E-state index contributed by atoms with van der Waals surface area (Å²) >= 11 is 5.59. The molecule has 0 saturated carbocycles. The number of ether oxygens (including phenoxy) is 1. The molecule has 0 aliphatic heterocycles. The summed E-state index contributed by atoms with van der Waals surface area (Å²) < 4.78 is 10.9. The predicted molar refractivity (Wildman–Crippen MR) is 100 cm³/mol. The SMILES string of the molecule is CCCCn1ccn(-c2cccc(OCc3ccccc3)c2)c1=S. The number of hydrogen-bond donors (Lipinski definition) is 0. The van der Waals surface area contributed by atoms with Crippen molar-refractivity contribution in [2.45, 2.75) is 32.9 Å². The normalized spacial score (nSPS) is 10.7. The highest BCUT2D eigenvalue weighted by Crippen LogP contribution is 2.19. The Balaban J connectivity index is 1.76. The lowest BCUT2D eigenvalue weighted by molar-refractivity contribution is 0.306. The van der Waals surface area contributed by atoms with Crippen LogP contribution in [-0.4, -0.2) is 9.13 Å². The van der Waals surface area contributed by atoms with Crippen LogP contribution in [0.15, 0.2) is 67.0 Å². The smallest absolute Gasteiger partial charge is 0.184 e. The van der Waals surface area contributed by atoms with Gasteiger partial charge in [-0.15, -0.1) is 0 Å². The molecule has 124 valence electrons. The molecule has 0 bridgehead atoms. The molecule has 3 aromatic rings. The first-order valence-corrected chi connectivity index (χ1v) is 8.73. The summed E-state index contributed by atoms with van der Waals surface area (Å²) in [5.74, 6) is 0.847. The van der Waals surface area contributed by atoms with Crippen molar-refractivity contribution in [2.75, 3.05) is 0 Å². The number of hydrogen-bond acceptors (Lipinski definition) is 2. The molecule has 0 amide bonds. The summed E-state index contributed by atoms with van der Waals surface area (Å²) in [7, 11) is 0. The largest absolute Gasteiger partial charge is 0.489 e. The van der Waals surface area contributed by atoms with Crippen LogP contribution in [0.5, 0.6) is 5.75 Å². The van der Waals surface area contributed by atoms with Gasteiger partial charge in [-0.1, -0.05) is 49.7 Å². The van der Waals surface area contributed by atoms with Gasteiger partial charge in [-0.2, -0.15) is 0 Å². The first-order chi connectivity index (χ1) is 11.8. The second-order valence-corrected chi connectivity index (χ2v) is 6.13. The molecule has 0 atom stereocenters. The maximum absolute atomic E-state index is 5.91. The highest BCUT2D eigenvalue weighted by Gasteiger charge is 2.04. The van der Waals surface area contributed by atoms with Crippen LogP contribution in [0.25, 0.3) is 5.69 Å². The first kappa shape index (κ1) is 16.5. The van der Waals surface area contributed by atoms with E-state index in [0.29, 0.717) is 6.61 Å². The van der Waals surface area contributed by atoms with Crippen molar-refractivity contribution >= 4 is 12.2 Å². The van der Waals surface area contributed by atoms with Crippen molar-refractivity contribution in [3.63, 3.8) is 0 Å². The van der Waals surface area contributed by atoms with Gasteiger partial charge in [0.15, 0.2) is 4.77 Å². The third-order valence-electron chi connectivity index (χ3n) is 3.94. The molecular formula is C20H22N2OS. The molecule has 3 rings (SSSR count). The molecule has 0 saturated heterocycles. The van der Waals surface area contributed by atoms with Crippen molar-refractivity contribution in [3.05, 3.63) is 77.3 Å². The lowest BCUT2D eigenvalue weighted by Crippen LogP contribution is -2.00. The van der Waals surface area contributed by atoms with E-state index in [1.165, 1.54) is 0 Å². The van der Waals surface area contributed by atoms with Crippen LogP contribution in [0.2, 0.25) is 0 Å². The van der Waals surface area contributed by atoms with Gasteiger partial charge in [-0.25, -0.2) is 0 Å². The van der Waals surface area contributed by atoms with Crippen molar-refractivity contribution < 1.29 is 4.74 Å². The number of imidazole rings is 1. The minimum Gasteiger partial charge on any atom is -0.489 e. The topological polar surface area (TPSA) is 19.1 Å². The highest BCUT2D eigenvalue weighted by molar-refractivity contribution is 7.71. The zero-order valence-electron chi connectivity index (χ0n) is 13.9. The monoisotopic (exact) mass is 338 g/mol. The second kappa shape index (κ2) is 7.97. The average molecular weight is 338 g/mol. The highest BCUT2D eigenvalue weighted by atomic mass is 32.1. The van der Waals surface area contributed by atoms with Gasteiger partial charge >= 0.3 is 0 Å². The lowest BCUT2D eigenvalue weighted by atomic mass is 10.2. The molecule has 3 nitrogen and oxygen atoms in total. The van der Waals surface area contributed by atoms with Gasteiger partial charge in [0.05, 0.1) is 5.69 Å². The van der Waals surface area contributed by atoms with Crippen LogP contribution in [-0.2, 0) is 13.2 Å². The molecule has 0 aliphatic rings. The summed E-state index contributed by atoms with van der Waals surface area (Å²) in [6.45, 7) is 3.72. The van der Waals surface area contributed by atoms with Crippen LogP contribution < -0.4 is 4.74 Å². The van der Waals surface area contributed by atoms with Crippen LogP contribution in [0.1, 0.15) is 25.3 Å². The molecule has 0 unspecified atom stereocenters. The van der Waals surface area contributed by atoms with E-state index in [-0.39, 0.29) is 0 Å². The third-order valence-corrected chi connectivity index (χ3v) is 4.38. The number of unbranched alkanes of at least 4 members (excludes halogenated alkanes) is 1. The molecule has 24 heavy (non-hydrogen) atoms. The van der Waals surface area contributed by atoms with E-state index in [4.69, 9.17) is 17.0 Å². The molecular weight excluding hydrogens is 316 g/mol. The van der Waals surface area contributed by atoms with Gasteiger partial charge in [0, 0.05) is 25.0 Å². The Kier molecular flexibility index (Phi) is 5.49. The lowest BCUT2D eigenvalue weighted by Gasteiger charge is -2.09. The summed E-state index contributed by atoms with van der Waals surface area (Å²) in [6.07, 6.45) is 6.37. The van der Waals surface area contributed by atoms with E-state index in [1.54, 1.807) is 0 Å². The van der Waals surface area contributed by atoms with E-state index in [1.807, 2.05) is 47.2 Å². The molecule has 0 radical (unpaired) electrons. The molecule has 0 spiro atoms. The fourth-order valence-electron chi connectivity index (χ4n) is 2.57. The molecule has 0 aliphatic carbocycles. The van der Waals surface area contributed by atoms with Gasteiger partial charge in [-0.3, -0.25) is 4.57 Å². The molecule has 1 heterocycles. The van der Waals surface area contributed by atoms with Crippen LogP contribution in [0, 0.1) is 4.77 Å². The van der Waals surface area contributed by atoms with Crippen LogP contribution in [0.3, 0.4) is 0 Å². The Morgan fingerprint density at radius 3 is 2.62 bits per heavy atom. The summed E-state index contributed by atoms with van der Waals surface area (Å²) in [5.41, 5.74) is 2.19. The fourth-order valence-corrected chi connectivity index (χ4v) is 2.89. The zero-order valence-corrected chi connectivity index (χ0v) is 14.7. The number of rotatable bonds is 7. The minimum absolute atomic E-state index is 0.563. The third kappa shape index (κ3) is 3.95. The van der Waals surface area contributed by atoms with E-state index in [9.17, 15) is 0 Å². The van der Waals surface area contributed by atoms with E-state index >= 15 is 0 Å². The maximum Gasteiger partial charge on any atom is 0.184 e. The van der Waals surface area contributed by atoms with Crippen molar-refractivity contribution in [1.29, 1.82) is 0 Å². The molecule has 2 aromatic carbocycles. The van der Waals surface area contributed by atoms with E-state index < -0.39 is 0 Å². The van der Waals surface area contributed by atoms with Crippen molar-refractivity contribution in [2.24, 2.45) is 0 Å². The average Bonchev–Trinajstić information content (AvgIpc) is 3.00. The van der Waals surface area contributed by atoms with Crippen molar-refractivity contribution in [3.8, 4) is 11.4 Å². The van der Waals surface area contributed by atoms with Gasteiger partial charge in [0.2, 0.25) is 0 Å². The Morgan fingerprint density at radius 2 is 1.83 bits per heavy atom. The fraction of sp³-hybridized carbons (Fsp3) is 0.250. The standard InChI is InChI=1S/C20H22N2OS/c1-2-3-12-21-13-14-22(20(21)24)18-10-7-11-19(15-18)23-16-17-8-5-4-6-9-17/h4-11,13-15H,2-3,12,16H2,1H3. The quantitative estimate of drug-likeness (QED) is 0.538. The Morgan fingerprint density at radius 1 is 1.00 bits per heavy atom. The van der Waals surface area contributed by atoms with E-state index in [2.05, 4.69) is 35.9 Å². The molecule has 0 N–H and O–H groups in total. The number of benzene rings is 2. The summed E-state index contributed by atoms with van der Waals surface area (Å²) in [6, 6.07) is 18.2. The van der Waals surface area contributed by atoms with E-state index in [0.717, 1.165) is 41.2 Å². The van der Waals surface area contributed by atoms with Gasteiger partial charge in [0.1, 0.15) is 12.4 Å². The molecule has 1 aromatic heterocycles. The maximum atomic E-state index is 5.91. The minimum atomic E-state index is 0.563. The van der Waals surface area contributed by atoms with Gasteiger partial charge in [-0.05, 0) is 36.3 Å². The zero-order chi connectivity index (χ0) is 16.8. The first-order valence-electron chi connectivity index (χ1n) is 8.33.